The van der Waals surface area contributed by atoms with Gasteiger partial charge >= 0.3 is 6.03 Å². The first-order chi connectivity index (χ1) is 12.3. The van der Waals surface area contributed by atoms with Gasteiger partial charge in [0.05, 0.1) is 13.2 Å². The second kappa shape index (κ2) is 8.92. The molecule has 1 aromatic carbocycles. The third-order valence-corrected chi connectivity index (χ3v) is 4.28. The smallest absolute Gasteiger partial charge is 0.317 e. The molecule has 144 valence electrons. The van der Waals surface area contributed by atoms with Crippen molar-refractivity contribution in [2.45, 2.75) is 40.2 Å². The highest BCUT2D eigenvalue weighted by atomic mass is 16.5. The Morgan fingerprint density at radius 1 is 1.27 bits per heavy atom. The number of carbonyl (C=O) groups is 2. The molecule has 6 heteroatoms. The third kappa shape index (κ3) is 5.38. The number of urea groups is 1. The second-order valence-corrected chi connectivity index (χ2v) is 7.75. The normalized spacial score (nSPS) is 17.1. The minimum absolute atomic E-state index is 0.0165. The Bertz CT molecular complexity index is 620. The molecule has 1 saturated heterocycles. The lowest BCUT2D eigenvalue weighted by atomic mass is 10.1. The van der Waals surface area contributed by atoms with Crippen LogP contribution in [0.4, 0.5) is 10.5 Å². The van der Waals surface area contributed by atoms with E-state index in [9.17, 15) is 9.59 Å². The number of methoxy groups -OCH3 is 1. The molecule has 1 atom stereocenters. The summed E-state index contributed by atoms with van der Waals surface area (Å²) in [5.41, 5.74) is 0.798. The molecular weight excluding hydrogens is 330 g/mol. The summed E-state index contributed by atoms with van der Waals surface area (Å²) >= 11 is 0. The topological polar surface area (TPSA) is 61.9 Å². The Kier molecular flexibility index (Phi) is 6.89. The summed E-state index contributed by atoms with van der Waals surface area (Å²) in [4.78, 5) is 28.7. The second-order valence-electron chi connectivity index (χ2n) is 7.75. The van der Waals surface area contributed by atoms with Gasteiger partial charge in [-0.15, -0.1) is 0 Å². The zero-order chi connectivity index (χ0) is 19.3. The Hall–Kier alpha value is -2.24. The van der Waals surface area contributed by atoms with Gasteiger partial charge in [0.25, 0.3) is 0 Å². The highest BCUT2D eigenvalue weighted by Crippen LogP contribution is 2.25. The van der Waals surface area contributed by atoms with Gasteiger partial charge in [0, 0.05) is 37.8 Å². The monoisotopic (exact) mass is 361 g/mol. The first-order valence-corrected chi connectivity index (χ1v) is 9.30. The van der Waals surface area contributed by atoms with E-state index in [1.165, 1.54) is 0 Å². The number of rotatable bonds is 7. The average molecular weight is 361 g/mol. The quantitative estimate of drug-likeness (QED) is 0.812. The van der Waals surface area contributed by atoms with E-state index < -0.39 is 0 Å². The van der Waals surface area contributed by atoms with Crippen molar-refractivity contribution < 1.29 is 14.3 Å². The minimum Gasteiger partial charge on any atom is -0.497 e. The van der Waals surface area contributed by atoms with Crippen LogP contribution in [-0.4, -0.2) is 49.6 Å². The Morgan fingerprint density at radius 3 is 2.50 bits per heavy atom. The lowest BCUT2D eigenvalue weighted by molar-refractivity contribution is -0.117. The van der Waals surface area contributed by atoms with Crippen molar-refractivity contribution >= 4 is 17.6 Å². The number of benzene rings is 1. The van der Waals surface area contributed by atoms with Crippen LogP contribution in [0.25, 0.3) is 0 Å². The molecule has 1 heterocycles. The van der Waals surface area contributed by atoms with Crippen molar-refractivity contribution in [2.75, 3.05) is 31.6 Å². The summed E-state index contributed by atoms with van der Waals surface area (Å²) < 4.78 is 5.23. The van der Waals surface area contributed by atoms with Gasteiger partial charge in [-0.25, -0.2) is 4.79 Å². The van der Waals surface area contributed by atoms with E-state index in [0.29, 0.717) is 43.6 Å². The van der Waals surface area contributed by atoms with E-state index >= 15 is 0 Å². The lowest BCUT2D eigenvalue weighted by Crippen LogP contribution is -2.48. The van der Waals surface area contributed by atoms with E-state index in [1.54, 1.807) is 12.0 Å². The number of carbonyl (C=O) groups excluding carboxylic acids is 2. The molecular formula is C20H31N3O3. The molecule has 1 aromatic rings. The summed E-state index contributed by atoms with van der Waals surface area (Å²) in [5.74, 6) is 1.53. The maximum Gasteiger partial charge on any atom is 0.317 e. The number of amides is 3. The summed E-state index contributed by atoms with van der Waals surface area (Å²) in [6.07, 6.45) is 0.320. The first kappa shape index (κ1) is 20.1. The van der Waals surface area contributed by atoms with E-state index in [-0.39, 0.29) is 18.0 Å². The number of ether oxygens (including phenoxy) is 1. The molecule has 0 unspecified atom stereocenters. The first-order valence-electron chi connectivity index (χ1n) is 9.30. The Balaban J connectivity index is 2.01. The molecule has 1 aliphatic rings. The standard InChI is InChI=1S/C20H31N3O3/c1-14(2)11-22(12-15(3)4)20(25)21-16-9-19(24)23(13-16)17-7-6-8-18(10-17)26-5/h6-8,10,14-16H,9,11-13H2,1-5H3,(H,21,25)/t16-/m0/s1. The molecule has 6 nitrogen and oxygen atoms in total. The van der Waals surface area contributed by atoms with Gasteiger partial charge in [-0.3, -0.25) is 4.79 Å². The Labute approximate surface area is 156 Å². The highest BCUT2D eigenvalue weighted by Gasteiger charge is 2.32. The van der Waals surface area contributed by atoms with E-state index in [2.05, 4.69) is 33.0 Å². The third-order valence-electron chi connectivity index (χ3n) is 4.28. The molecule has 0 bridgehead atoms. The van der Waals surface area contributed by atoms with Crippen molar-refractivity contribution in [1.82, 2.24) is 10.2 Å². The number of anilines is 1. The molecule has 0 aromatic heterocycles. The molecule has 1 N–H and O–H groups in total. The van der Waals surface area contributed by atoms with Crippen molar-refractivity contribution in [3.8, 4) is 5.75 Å². The molecule has 1 fully saturated rings. The summed E-state index contributed by atoms with van der Waals surface area (Å²) in [6.45, 7) is 10.3. The molecule has 3 amide bonds. The van der Waals surface area contributed by atoms with Crippen LogP contribution in [0, 0.1) is 11.8 Å². The van der Waals surface area contributed by atoms with Crippen molar-refractivity contribution in [1.29, 1.82) is 0 Å². The zero-order valence-electron chi connectivity index (χ0n) is 16.5. The summed E-state index contributed by atoms with van der Waals surface area (Å²) in [6, 6.07) is 7.17. The van der Waals surface area contributed by atoms with Crippen LogP contribution >= 0.6 is 0 Å². The Morgan fingerprint density at radius 2 is 1.92 bits per heavy atom. The van der Waals surface area contributed by atoms with Crippen LogP contribution < -0.4 is 15.0 Å². The van der Waals surface area contributed by atoms with Crippen molar-refractivity contribution in [3.05, 3.63) is 24.3 Å². The molecule has 0 aliphatic carbocycles. The van der Waals surface area contributed by atoms with Crippen LogP contribution in [0.1, 0.15) is 34.1 Å². The molecule has 0 spiro atoms. The minimum atomic E-state index is -0.178. The van der Waals surface area contributed by atoms with E-state index in [0.717, 1.165) is 5.69 Å². The van der Waals surface area contributed by atoms with Crippen LogP contribution in [0.2, 0.25) is 0 Å². The average Bonchev–Trinajstić information content (AvgIpc) is 2.93. The highest BCUT2D eigenvalue weighted by molar-refractivity contribution is 5.97. The van der Waals surface area contributed by atoms with Crippen LogP contribution in [0.15, 0.2) is 24.3 Å². The van der Waals surface area contributed by atoms with Gasteiger partial charge in [0.15, 0.2) is 0 Å². The fraction of sp³-hybridized carbons (Fsp3) is 0.600. The van der Waals surface area contributed by atoms with Crippen molar-refractivity contribution in [2.24, 2.45) is 11.8 Å². The van der Waals surface area contributed by atoms with E-state index in [1.807, 2.05) is 29.2 Å². The maximum atomic E-state index is 12.7. The van der Waals surface area contributed by atoms with Gasteiger partial charge in [0.2, 0.25) is 5.91 Å². The molecule has 26 heavy (non-hydrogen) atoms. The lowest BCUT2D eigenvalue weighted by Gasteiger charge is -2.28. The van der Waals surface area contributed by atoms with Crippen LogP contribution in [0.5, 0.6) is 5.75 Å². The van der Waals surface area contributed by atoms with Gasteiger partial charge in [-0.1, -0.05) is 33.8 Å². The molecule has 0 saturated carbocycles. The van der Waals surface area contributed by atoms with Gasteiger partial charge in [0.1, 0.15) is 5.75 Å². The fourth-order valence-electron chi connectivity index (χ4n) is 3.22. The predicted octanol–water partition coefficient (Wildman–Crippen LogP) is 3.12. The van der Waals surface area contributed by atoms with Crippen LogP contribution in [-0.2, 0) is 4.79 Å². The fourth-order valence-corrected chi connectivity index (χ4v) is 3.22. The molecule has 2 rings (SSSR count). The number of hydrogen-bond donors (Lipinski definition) is 1. The molecule has 0 radical (unpaired) electrons. The SMILES string of the molecule is COc1cccc(N2C[C@@H](NC(=O)N(CC(C)C)CC(C)C)CC2=O)c1. The van der Waals surface area contributed by atoms with Gasteiger partial charge in [-0.2, -0.15) is 0 Å². The van der Waals surface area contributed by atoms with Crippen LogP contribution in [0.3, 0.4) is 0 Å². The summed E-state index contributed by atoms with van der Waals surface area (Å²) in [5, 5.41) is 3.04. The summed E-state index contributed by atoms with van der Waals surface area (Å²) in [7, 11) is 1.60. The predicted molar refractivity (Wildman–Crippen MR) is 104 cm³/mol. The van der Waals surface area contributed by atoms with E-state index in [4.69, 9.17) is 4.74 Å². The van der Waals surface area contributed by atoms with Crippen molar-refractivity contribution in [3.63, 3.8) is 0 Å². The number of hydrogen-bond acceptors (Lipinski definition) is 3. The largest absolute Gasteiger partial charge is 0.497 e. The van der Waals surface area contributed by atoms with Gasteiger partial charge in [-0.05, 0) is 24.0 Å². The number of nitrogens with zero attached hydrogens (tertiary/aromatic N) is 2. The zero-order valence-corrected chi connectivity index (χ0v) is 16.5. The maximum absolute atomic E-state index is 12.7. The van der Waals surface area contributed by atoms with Gasteiger partial charge < -0.3 is 19.9 Å². The molecule has 1 aliphatic heterocycles. The number of nitrogens with one attached hydrogen (secondary N) is 1.